The van der Waals surface area contributed by atoms with Crippen molar-refractivity contribution in [2.75, 3.05) is 12.4 Å². The van der Waals surface area contributed by atoms with Crippen molar-refractivity contribution in [3.05, 3.63) is 42.4 Å². The van der Waals surface area contributed by atoms with E-state index >= 15 is 0 Å². The molecular weight excluding hydrogens is 304 g/mol. The summed E-state index contributed by atoms with van der Waals surface area (Å²) in [5, 5.41) is 15.6. The molecule has 7 nitrogen and oxygen atoms in total. The molecule has 7 heteroatoms. The van der Waals surface area contributed by atoms with E-state index in [0.29, 0.717) is 6.04 Å². The maximum atomic E-state index is 12.6. The molecule has 24 heavy (non-hydrogen) atoms. The number of hydrogen-bond acceptors (Lipinski definition) is 4. The average molecular weight is 326 g/mol. The van der Waals surface area contributed by atoms with Crippen molar-refractivity contribution < 1.29 is 4.79 Å². The molecule has 2 aromatic heterocycles. The van der Waals surface area contributed by atoms with Crippen molar-refractivity contribution in [3.8, 4) is 0 Å². The summed E-state index contributed by atoms with van der Waals surface area (Å²) >= 11 is 0. The predicted octanol–water partition coefficient (Wildman–Crippen LogP) is 2.25. The number of aryl methyl sites for hydroxylation is 1. The van der Waals surface area contributed by atoms with E-state index in [0.717, 1.165) is 22.2 Å². The van der Waals surface area contributed by atoms with Crippen LogP contribution in [0.5, 0.6) is 0 Å². The third-order valence-electron chi connectivity index (χ3n) is 3.93. The first-order valence-electron chi connectivity index (χ1n) is 7.93. The number of anilines is 1. The van der Waals surface area contributed by atoms with Crippen LogP contribution in [0.4, 0.5) is 5.69 Å². The summed E-state index contributed by atoms with van der Waals surface area (Å²) in [7, 11) is 3.58. The maximum Gasteiger partial charge on any atom is 0.246 e. The number of nitrogens with one attached hydrogen (secondary N) is 2. The molecule has 0 aliphatic rings. The normalized spacial score (nSPS) is 12.7. The van der Waals surface area contributed by atoms with Gasteiger partial charge in [0.05, 0.1) is 11.7 Å². The third kappa shape index (κ3) is 3.16. The molecular formula is C17H22N6O. The number of likely N-dealkylation sites (N-methyl/N-ethyl adjacent to an activating group) is 1. The molecule has 126 valence electrons. The molecule has 2 N–H and O–H groups in total. The van der Waals surface area contributed by atoms with Crippen LogP contribution in [0.25, 0.3) is 10.9 Å². The van der Waals surface area contributed by atoms with Crippen LogP contribution in [0.3, 0.4) is 0 Å². The second-order valence-corrected chi connectivity index (χ2v) is 6.13. The highest BCUT2D eigenvalue weighted by molar-refractivity contribution is 5.97. The number of rotatable bonds is 5. The lowest BCUT2D eigenvalue weighted by molar-refractivity contribution is -0.118. The van der Waals surface area contributed by atoms with Gasteiger partial charge in [-0.15, -0.1) is 0 Å². The van der Waals surface area contributed by atoms with Crippen molar-refractivity contribution in [1.29, 1.82) is 0 Å². The second-order valence-electron chi connectivity index (χ2n) is 6.13. The van der Waals surface area contributed by atoms with Crippen LogP contribution < -0.4 is 10.6 Å². The van der Waals surface area contributed by atoms with Crippen LogP contribution in [0.1, 0.15) is 31.5 Å². The van der Waals surface area contributed by atoms with Gasteiger partial charge in [-0.25, -0.2) is 0 Å². The molecule has 0 aliphatic carbocycles. The van der Waals surface area contributed by atoms with Crippen LogP contribution >= 0.6 is 0 Å². The Kier molecular flexibility index (Phi) is 4.35. The van der Waals surface area contributed by atoms with Crippen molar-refractivity contribution in [1.82, 2.24) is 24.9 Å². The Morgan fingerprint density at radius 1 is 1.25 bits per heavy atom. The van der Waals surface area contributed by atoms with E-state index < -0.39 is 6.04 Å². The highest BCUT2D eigenvalue weighted by Crippen LogP contribution is 2.21. The minimum atomic E-state index is -0.451. The van der Waals surface area contributed by atoms with Crippen LogP contribution in [-0.2, 0) is 11.8 Å². The Labute approximate surface area is 140 Å². The molecule has 2 heterocycles. The molecule has 0 aliphatic heterocycles. The second kappa shape index (κ2) is 6.45. The summed E-state index contributed by atoms with van der Waals surface area (Å²) < 4.78 is 3.60. The first-order valence-corrected chi connectivity index (χ1v) is 7.93. The number of fused-ring (bicyclic) bond motifs is 1. The Hall–Kier alpha value is -2.67. The monoisotopic (exact) mass is 326 g/mol. The minimum absolute atomic E-state index is 0.124. The van der Waals surface area contributed by atoms with Gasteiger partial charge in [0.1, 0.15) is 6.04 Å². The number of nitrogens with zero attached hydrogens (tertiary/aromatic N) is 4. The molecule has 1 amide bonds. The molecule has 0 spiro atoms. The van der Waals surface area contributed by atoms with E-state index in [1.165, 1.54) is 0 Å². The fourth-order valence-electron chi connectivity index (χ4n) is 2.64. The highest BCUT2D eigenvalue weighted by atomic mass is 16.2. The Bertz CT molecular complexity index is 863. The smallest absolute Gasteiger partial charge is 0.246 e. The number of aromatic nitrogens is 4. The van der Waals surface area contributed by atoms with Gasteiger partial charge in [0.25, 0.3) is 0 Å². The van der Waals surface area contributed by atoms with E-state index in [4.69, 9.17) is 0 Å². The van der Waals surface area contributed by atoms with E-state index in [9.17, 15) is 4.79 Å². The van der Waals surface area contributed by atoms with Crippen molar-refractivity contribution in [2.24, 2.45) is 7.05 Å². The van der Waals surface area contributed by atoms with Gasteiger partial charge in [-0.05, 0) is 39.1 Å². The summed E-state index contributed by atoms with van der Waals surface area (Å²) in [4.78, 5) is 12.6. The van der Waals surface area contributed by atoms with Crippen LogP contribution in [-0.4, -0.2) is 32.5 Å². The number of carbonyl (C=O) groups is 1. The fraction of sp³-hybridized carbons (Fsp3) is 0.353. The van der Waals surface area contributed by atoms with Gasteiger partial charge in [-0.2, -0.15) is 10.2 Å². The van der Waals surface area contributed by atoms with Crippen molar-refractivity contribution in [3.63, 3.8) is 0 Å². The first kappa shape index (κ1) is 16.2. The van der Waals surface area contributed by atoms with E-state index in [-0.39, 0.29) is 5.91 Å². The Balaban J connectivity index is 1.81. The SMILES string of the molecule is CNC(C(=O)Nc1ccc2nn(C(C)C)cc2c1)c1cnn(C)c1. The summed E-state index contributed by atoms with van der Waals surface area (Å²) in [6, 6.07) is 5.58. The maximum absolute atomic E-state index is 12.6. The third-order valence-corrected chi connectivity index (χ3v) is 3.93. The quantitative estimate of drug-likeness (QED) is 0.754. The highest BCUT2D eigenvalue weighted by Gasteiger charge is 2.20. The first-order chi connectivity index (χ1) is 11.5. The lowest BCUT2D eigenvalue weighted by Gasteiger charge is -2.14. The minimum Gasteiger partial charge on any atom is -0.324 e. The summed E-state index contributed by atoms with van der Waals surface area (Å²) in [5.41, 5.74) is 2.49. The van der Waals surface area contributed by atoms with Crippen LogP contribution in [0.15, 0.2) is 36.8 Å². The lowest BCUT2D eigenvalue weighted by Crippen LogP contribution is -2.30. The number of benzene rings is 1. The zero-order chi connectivity index (χ0) is 17.3. The predicted molar refractivity (Wildman–Crippen MR) is 93.8 cm³/mol. The standard InChI is InChI=1S/C17H22N6O/c1-11(2)23-10-12-7-14(5-6-15(12)21-23)20-17(24)16(18-3)13-8-19-22(4)9-13/h5-11,16,18H,1-4H3,(H,20,24). The molecule has 0 radical (unpaired) electrons. The summed E-state index contributed by atoms with van der Waals surface area (Å²) in [6.45, 7) is 4.17. The Morgan fingerprint density at radius 2 is 2.04 bits per heavy atom. The van der Waals surface area contributed by atoms with Gasteiger partial charge in [0, 0.05) is 42.1 Å². The van der Waals surface area contributed by atoms with Gasteiger partial charge in [0.15, 0.2) is 0 Å². The molecule has 0 saturated heterocycles. The number of carbonyl (C=O) groups excluding carboxylic acids is 1. The van der Waals surface area contributed by atoms with Crippen LogP contribution in [0.2, 0.25) is 0 Å². The van der Waals surface area contributed by atoms with Gasteiger partial charge < -0.3 is 10.6 Å². The van der Waals surface area contributed by atoms with Gasteiger partial charge in [-0.1, -0.05) is 0 Å². The van der Waals surface area contributed by atoms with E-state index in [1.807, 2.05) is 42.3 Å². The van der Waals surface area contributed by atoms with Crippen LogP contribution in [0, 0.1) is 0 Å². The molecule has 3 rings (SSSR count). The Morgan fingerprint density at radius 3 is 2.67 bits per heavy atom. The molecule has 1 aromatic carbocycles. The van der Waals surface area contributed by atoms with E-state index in [2.05, 4.69) is 34.7 Å². The number of amides is 1. The largest absolute Gasteiger partial charge is 0.324 e. The molecule has 1 atom stereocenters. The zero-order valence-corrected chi connectivity index (χ0v) is 14.3. The molecule has 0 saturated carbocycles. The molecule has 3 aromatic rings. The van der Waals surface area contributed by atoms with E-state index in [1.54, 1.807) is 17.9 Å². The van der Waals surface area contributed by atoms with Gasteiger partial charge >= 0.3 is 0 Å². The van der Waals surface area contributed by atoms with Gasteiger partial charge in [0.2, 0.25) is 5.91 Å². The fourth-order valence-corrected chi connectivity index (χ4v) is 2.64. The molecule has 0 bridgehead atoms. The van der Waals surface area contributed by atoms with Crippen molar-refractivity contribution in [2.45, 2.75) is 25.9 Å². The van der Waals surface area contributed by atoms with Crippen molar-refractivity contribution >= 4 is 22.5 Å². The average Bonchev–Trinajstić information content (AvgIpc) is 3.14. The molecule has 1 unspecified atom stereocenters. The topological polar surface area (TPSA) is 76.8 Å². The zero-order valence-electron chi connectivity index (χ0n) is 14.3. The van der Waals surface area contributed by atoms with Gasteiger partial charge in [-0.3, -0.25) is 14.2 Å². The molecule has 0 fully saturated rings. The summed E-state index contributed by atoms with van der Waals surface area (Å²) in [6.07, 6.45) is 5.51. The lowest BCUT2D eigenvalue weighted by atomic mass is 10.1. The summed E-state index contributed by atoms with van der Waals surface area (Å²) in [5.74, 6) is -0.124. The number of hydrogen-bond donors (Lipinski definition) is 2.